The molecule has 0 radical (unpaired) electrons. The van der Waals surface area contributed by atoms with Gasteiger partial charge in [0.2, 0.25) is 5.91 Å². The van der Waals surface area contributed by atoms with Crippen LogP contribution in [0.15, 0.2) is 47.2 Å². The third-order valence-electron chi connectivity index (χ3n) is 3.21. The molecular formula is C14H14N4O3. The van der Waals surface area contributed by atoms with Gasteiger partial charge in [-0.25, -0.2) is 4.79 Å². The molecule has 1 aromatic heterocycles. The van der Waals surface area contributed by atoms with E-state index in [0.29, 0.717) is 12.4 Å². The van der Waals surface area contributed by atoms with Crippen LogP contribution in [-0.2, 0) is 4.79 Å². The van der Waals surface area contributed by atoms with Crippen LogP contribution in [0.25, 0.3) is 0 Å². The molecule has 2 N–H and O–H groups in total. The van der Waals surface area contributed by atoms with Gasteiger partial charge in [0, 0.05) is 24.7 Å². The molecule has 2 heterocycles. The van der Waals surface area contributed by atoms with E-state index in [1.165, 1.54) is 12.3 Å². The lowest BCUT2D eigenvalue weighted by Gasteiger charge is -2.17. The molecule has 21 heavy (non-hydrogen) atoms. The molecule has 1 atom stereocenters. The number of carbonyl (C=O) groups excluding carboxylic acids is 2. The Labute approximate surface area is 120 Å². The van der Waals surface area contributed by atoms with Crippen LogP contribution in [0, 0.1) is 0 Å². The molecule has 2 aromatic rings. The van der Waals surface area contributed by atoms with Crippen molar-refractivity contribution in [2.75, 3.05) is 16.8 Å². The van der Waals surface area contributed by atoms with E-state index in [4.69, 9.17) is 0 Å². The Morgan fingerprint density at radius 3 is 2.81 bits per heavy atom. The Morgan fingerprint density at radius 2 is 2.10 bits per heavy atom. The molecule has 0 aliphatic carbocycles. The molecule has 7 nitrogen and oxygen atoms in total. The third-order valence-corrected chi connectivity index (χ3v) is 3.21. The van der Waals surface area contributed by atoms with Gasteiger partial charge in [-0.05, 0) is 12.1 Å². The van der Waals surface area contributed by atoms with Gasteiger partial charge in [0.1, 0.15) is 6.26 Å². The highest BCUT2D eigenvalue weighted by molar-refractivity contribution is 5.97. The minimum atomic E-state index is -0.406. The lowest BCUT2D eigenvalue weighted by Crippen LogP contribution is -2.39. The zero-order valence-electron chi connectivity index (χ0n) is 11.2. The molecule has 1 fully saturated rings. The minimum Gasteiger partial charge on any atom is -0.363 e. The number of urea groups is 1. The predicted octanol–water partition coefficient (Wildman–Crippen LogP) is 1.60. The Balaban J connectivity index is 1.59. The summed E-state index contributed by atoms with van der Waals surface area (Å²) in [5, 5.41) is 8.87. The maximum atomic E-state index is 12.0. The number of nitrogens with one attached hydrogen (secondary N) is 2. The van der Waals surface area contributed by atoms with Crippen molar-refractivity contribution in [3.63, 3.8) is 0 Å². The summed E-state index contributed by atoms with van der Waals surface area (Å²) >= 11 is 0. The number of benzene rings is 1. The van der Waals surface area contributed by atoms with E-state index in [2.05, 4.69) is 20.3 Å². The molecule has 108 valence electrons. The van der Waals surface area contributed by atoms with Crippen LogP contribution < -0.4 is 15.5 Å². The molecule has 1 aliphatic rings. The standard InChI is InChI=1S/C14H14N4O3/c19-13-8-10(9-18(13)11-4-2-1-3-5-11)15-14(20)16-12-6-7-21-17-12/h1-7,10H,8-9H2,(H2,15,16,17,20)/t10-/m1/s1. The number of nitrogens with zero attached hydrogens (tertiary/aromatic N) is 2. The number of carbonyl (C=O) groups is 2. The van der Waals surface area contributed by atoms with E-state index in [-0.39, 0.29) is 18.4 Å². The summed E-state index contributed by atoms with van der Waals surface area (Å²) in [7, 11) is 0. The largest absolute Gasteiger partial charge is 0.363 e. The van der Waals surface area contributed by atoms with Crippen LogP contribution in [0.2, 0.25) is 0 Å². The van der Waals surface area contributed by atoms with Crippen LogP contribution in [-0.4, -0.2) is 29.7 Å². The first-order valence-corrected chi connectivity index (χ1v) is 6.55. The SMILES string of the molecule is O=C(Nc1ccon1)N[C@@H]1CC(=O)N(c2ccccc2)C1. The molecule has 1 saturated heterocycles. The van der Waals surface area contributed by atoms with Crippen LogP contribution in [0.1, 0.15) is 6.42 Å². The average Bonchev–Trinajstić information content (AvgIpc) is 3.09. The number of anilines is 2. The summed E-state index contributed by atoms with van der Waals surface area (Å²) in [5.41, 5.74) is 0.837. The maximum absolute atomic E-state index is 12.0. The molecule has 0 saturated carbocycles. The predicted molar refractivity (Wildman–Crippen MR) is 75.9 cm³/mol. The fourth-order valence-electron chi connectivity index (χ4n) is 2.28. The van der Waals surface area contributed by atoms with Gasteiger partial charge in [-0.1, -0.05) is 23.4 Å². The van der Waals surface area contributed by atoms with Crippen molar-refractivity contribution in [1.82, 2.24) is 10.5 Å². The van der Waals surface area contributed by atoms with Gasteiger partial charge in [0.25, 0.3) is 0 Å². The number of hydrogen-bond acceptors (Lipinski definition) is 4. The van der Waals surface area contributed by atoms with Crippen molar-refractivity contribution in [1.29, 1.82) is 0 Å². The monoisotopic (exact) mass is 286 g/mol. The second-order valence-electron chi connectivity index (χ2n) is 4.72. The van der Waals surface area contributed by atoms with Crippen LogP contribution >= 0.6 is 0 Å². The summed E-state index contributed by atoms with van der Waals surface area (Å²) in [4.78, 5) is 25.5. The normalized spacial score (nSPS) is 17.8. The molecule has 1 aromatic carbocycles. The van der Waals surface area contributed by atoms with Crippen molar-refractivity contribution in [3.8, 4) is 0 Å². The number of rotatable bonds is 3. The van der Waals surface area contributed by atoms with Gasteiger partial charge in [-0.2, -0.15) is 0 Å². The van der Waals surface area contributed by atoms with Crippen LogP contribution in [0.5, 0.6) is 0 Å². The second-order valence-corrected chi connectivity index (χ2v) is 4.72. The molecule has 0 unspecified atom stereocenters. The molecule has 1 aliphatic heterocycles. The molecule has 3 amide bonds. The first-order chi connectivity index (χ1) is 10.2. The Kier molecular flexibility index (Phi) is 3.55. The van der Waals surface area contributed by atoms with Crippen molar-refractivity contribution < 1.29 is 14.1 Å². The van der Waals surface area contributed by atoms with E-state index in [0.717, 1.165) is 5.69 Å². The van der Waals surface area contributed by atoms with Gasteiger partial charge in [0.05, 0.1) is 6.04 Å². The van der Waals surface area contributed by atoms with Gasteiger partial charge in [-0.3, -0.25) is 10.1 Å². The zero-order chi connectivity index (χ0) is 14.7. The molecule has 0 spiro atoms. The highest BCUT2D eigenvalue weighted by atomic mass is 16.5. The van der Waals surface area contributed by atoms with E-state index in [9.17, 15) is 9.59 Å². The highest BCUT2D eigenvalue weighted by Crippen LogP contribution is 2.21. The Hall–Kier alpha value is -2.83. The number of aromatic nitrogens is 1. The fourth-order valence-corrected chi connectivity index (χ4v) is 2.28. The molecule has 0 bridgehead atoms. The summed E-state index contributed by atoms with van der Waals surface area (Å²) in [5.74, 6) is 0.324. The van der Waals surface area contributed by atoms with E-state index in [1.54, 1.807) is 4.90 Å². The van der Waals surface area contributed by atoms with Gasteiger partial charge in [-0.15, -0.1) is 0 Å². The number of amides is 3. The summed E-state index contributed by atoms with van der Waals surface area (Å²) in [6, 6.07) is 10.3. The van der Waals surface area contributed by atoms with Crippen LogP contribution in [0.4, 0.5) is 16.3 Å². The Bertz CT molecular complexity index is 627. The fraction of sp³-hybridized carbons (Fsp3) is 0.214. The Morgan fingerprint density at radius 1 is 1.29 bits per heavy atom. The van der Waals surface area contributed by atoms with Crippen LogP contribution in [0.3, 0.4) is 0 Å². The van der Waals surface area contributed by atoms with Crippen molar-refractivity contribution in [2.24, 2.45) is 0 Å². The molecule has 7 heteroatoms. The average molecular weight is 286 g/mol. The van der Waals surface area contributed by atoms with E-state index < -0.39 is 6.03 Å². The lowest BCUT2D eigenvalue weighted by atomic mass is 10.2. The second kappa shape index (κ2) is 5.66. The summed E-state index contributed by atoms with van der Waals surface area (Å²) < 4.78 is 4.62. The topological polar surface area (TPSA) is 87.5 Å². The number of hydrogen-bond donors (Lipinski definition) is 2. The van der Waals surface area contributed by atoms with Crippen molar-refractivity contribution in [3.05, 3.63) is 42.7 Å². The zero-order valence-corrected chi connectivity index (χ0v) is 11.2. The third kappa shape index (κ3) is 3.02. The highest BCUT2D eigenvalue weighted by Gasteiger charge is 2.31. The van der Waals surface area contributed by atoms with E-state index >= 15 is 0 Å². The van der Waals surface area contributed by atoms with Crippen molar-refractivity contribution in [2.45, 2.75) is 12.5 Å². The van der Waals surface area contributed by atoms with Gasteiger partial charge < -0.3 is 14.7 Å². The minimum absolute atomic E-state index is 0.00654. The number of para-hydroxylation sites is 1. The molecular weight excluding hydrogens is 272 g/mol. The van der Waals surface area contributed by atoms with Gasteiger partial charge >= 0.3 is 6.03 Å². The van der Waals surface area contributed by atoms with E-state index in [1.807, 2.05) is 30.3 Å². The van der Waals surface area contributed by atoms with Gasteiger partial charge in [0.15, 0.2) is 5.82 Å². The quantitative estimate of drug-likeness (QED) is 0.897. The summed E-state index contributed by atoms with van der Waals surface area (Å²) in [6.07, 6.45) is 1.65. The molecule has 3 rings (SSSR count). The first kappa shape index (κ1) is 13.2. The van der Waals surface area contributed by atoms with Crippen molar-refractivity contribution >= 4 is 23.4 Å². The smallest absolute Gasteiger partial charge is 0.320 e. The lowest BCUT2D eigenvalue weighted by molar-refractivity contribution is -0.117. The first-order valence-electron chi connectivity index (χ1n) is 6.55. The maximum Gasteiger partial charge on any atom is 0.320 e. The summed E-state index contributed by atoms with van der Waals surface area (Å²) in [6.45, 7) is 0.453.